The van der Waals surface area contributed by atoms with Crippen LogP contribution in [0.3, 0.4) is 0 Å². The molecule has 3 N–H and O–H groups in total. The molecule has 0 rings (SSSR count). The molecule has 5 heteroatoms. The van der Waals surface area contributed by atoms with Crippen molar-refractivity contribution in [1.82, 2.24) is 5.32 Å². The maximum atomic E-state index is 10.8. The molecular formula is C8H17NO4. The van der Waals surface area contributed by atoms with Gasteiger partial charge in [0.1, 0.15) is 6.61 Å². The van der Waals surface area contributed by atoms with Gasteiger partial charge in [0.25, 0.3) is 0 Å². The van der Waals surface area contributed by atoms with Crippen molar-refractivity contribution >= 4 is 6.09 Å². The Morgan fingerprint density at radius 1 is 1.46 bits per heavy atom. The van der Waals surface area contributed by atoms with Gasteiger partial charge in [-0.1, -0.05) is 13.8 Å². The molecule has 0 saturated carbocycles. The van der Waals surface area contributed by atoms with Gasteiger partial charge in [-0.3, -0.25) is 0 Å². The van der Waals surface area contributed by atoms with Crippen LogP contribution in [0.25, 0.3) is 0 Å². The van der Waals surface area contributed by atoms with Crippen LogP contribution in [0.15, 0.2) is 0 Å². The summed E-state index contributed by atoms with van der Waals surface area (Å²) in [7, 11) is 0. The fourth-order valence-corrected chi connectivity index (χ4v) is 0.557. The zero-order valence-corrected chi connectivity index (χ0v) is 8.04. The monoisotopic (exact) mass is 191 g/mol. The summed E-state index contributed by atoms with van der Waals surface area (Å²) in [5.74, 6) is 0. The van der Waals surface area contributed by atoms with Crippen molar-refractivity contribution in [2.24, 2.45) is 5.41 Å². The maximum absolute atomic E-state index is 10.8. The third kappa shape index (κ3) is 6.36. The topological polar surface area (TPSA) is 78.8 Å². The Bertz CT molecular complexity index is 158. The summed E-state index contributed by atoms with van der Waals surface area (Å²) in [4.78, 5) is 10.8. The summed E-state index contributed by atoms with van der Waals surface area (Å²) in [6.07, 6.45) is -0.574. The lowest BCUT2D eigenvalue weighted by molar-refractivity contribution is 0.109. The lowest BCUT2D eigenvalue weighted by Crippen LogP contribution is -2.36. The maximum Gasteiger partial charge on any atom is 0.407 e. The Morgan fingerprint density at radius 2 is 2.08 bits per heavy atom. The van der Waals surface area contributed by atoms with E-state index in [1.54, 1.807) is 0 Å². The Labute approximate surface area is 77.7 Å². The minimum atomic E-state index is -0.574. The molecule has 0 aromatic heterocycles. The number of nitrogens with one attached hydrogen (secondary N) is 1. The Morgan fingerprint density at radius 3 is 2.54 bits per heavy atom. The van der Waals surface area contributed by atoms with Gasteiger partial charge in [0.05, 0.1) is 6.61 Å². The number of amides is 1. The van der Waals surface area contributed by atoms with Crippen molar-refractivity contribution in [2.75, 3.05) is 26.4 Å². The van der Waals surface area contributed by atoms with Crippen molar-refractivity contribution in [2.45, 2.75) is 13.8 Å². The van der Waals surface area contributed by atoms with E-state index in [0.717, 1.165) is 0 Å². The van der Waals surface area contributed by atoms with E-state index in [-0.39, 0.29) is 25.2 Å². The van der Waals surface area contributed by atoms with Crippen LogP contribution < -0.4 is 5.32 Å². The normalized spacial score (nSPS) is 11.1. The van der Waals surface area contributed by atoms with E-state index in [2.05, 4.69) is 10.1 Å². The highest BCUT2D eigenvalue weighted by Crippen LogP contribution is 2.10. The second-order valence-electron chi connectivity index (χ2n) is 3.54. The summed E-state index contributed by atoms with van der Waals surface area (Å²) in [6, 6.07) is 0. The molecule has 0 unspecified atom stereocenters. The van der Waals surface area contributed by atoms with Gasteiger partial charge in [-0.2, -0.15) is 0 Å². The summed E-state index contributed by atoms with van der Waals surface area (Å²) >= 11 is 0. The number of hydrogen-bond donors (Lipinski definition) is 3. The fourth-order valence-electron chi connectivity index (χ4n) is 0.557. The van der Waals surface area contributed by atoms with E-state index in [4.69, 9.17) is 10.2 Å². The van der Waals surface area contributed by atoms with Crippen LogP contribution >= 0.6 is 0 Å². The van der Waals surface area contributed by atoms with Gasteiger partial charge in [-0.05, 0) is 0 Å². The van der Waals surface area contributed by atoms with Gasteiger partial charge < -0.3 is 20.3 Å². The van der Waals surface area contributed by atoms with Gasteiger partial charge in [0, 0.05) is 18.6 Å². The largest absolute Gasteiger partial charge is 0.447 e. The third-order valence-electron chi connectivity index (χ3n) is 1.46. The van der Waals surface area contributed by atoms with Crippen LogP contribution in [0.1, 0.15) is 13.8 Å². The standard InChI is InChI=1S/C8H17NO4/c1-8(2,6-11)5-9-7(12)13-4-3-10/h10-11H,3-6H2,1-2H3,(H,9,12). The SMILES string of the molecule is CC(C)(CO)CNC(=O)OCCO. The average Bonchev–Trinajstić information content (AvgIpc) is 2.11. The van der Waals surface area contributed by atoms with Gasteiger partial charge in [0.15, 0.2) is 0 Å². The lowest BCUT2D eigenvalue weighted by Gasteiger charge is -2.21. The number of alkyl carbamates (subject to hydrolysis) is 1. The molecule has 0 saturated heterocycles. The zero-order valence-electron chi connectivity index (χ0n) is 8.04. The molecule has 0 aliphatic carbocycles. The van der Waals surface area contributed by atoms with Crippen LogP contribution in [-0.2, 0) is 4.74 Å². The van der Waals surface area contributed by atoms with E-state index >= 15 is 0 Å². The molecule has 0 aromatic carbocycles. The summed E-state index contributed by atoms with van der Waals surface area (Å²) in [6.45, 7) is 3.78. The molecule has 0 fully saturated rings. The van der Waals surface area contributed by atoms with E-state index < -0.39 is 6.09 Å². The molecule has 0 heterocycles. The first-order valence-corrected chi connectivity index (χ1v) is 4.14. The molecule has 78 valence electrons. The Balaban J connectivity index is 3.57. The predicted octanol–water partition coefficient (Wildman–Crippen LogP) is -0.277. The zero-order chi connectivity index (χ0) is 10.3. The van der Waals surface area contributed by atoms with Crippen LogP contribution in [0.2, 0.25) is 0 Å². The van der Waals surface area contributed by atoms with E-state index in [1.165, 1.54) is 0 Å². The molecule has 13 heavy (non-hydrogen) atoms. The molecule has 0 spiro atoms. The number of aliphatic hydroxyl groups is 2. The molecule has 0 bridgehead atoms. The summed E-state index contributed by atoms with van der Waals surface area (Å²) < 4.78 is 4.55. The first-order valence-electron chi connectivity index (χ1n) is 4.14. The van der Waals surface area contributed by atoms with Crippen molar-refractivity contribution in [3.8, 4) is 0 Å². The van der Waals surface area contributed by atoms with Gasteiger partial charge in [-0.15, -0.1) is 0 Å². The molecule has 0 aliphatic heterocycles. The highest BCUT2D eigenvalue weighted by Gasteiger charge is 2.17. The van der Waals surface area contributed by atoms with Crippen molar-refractivity contribution in [3.63, 3.8) is 0 Å². The first kappa shape index (κ1) is 12.2. The predicted molar refractivity (Wildman–Crippen MR) is 47.3 cm³/mol. The molecule has 0 aliphatic rings. The van der Waals surface area contributed by atoms with Gasteiger partial charge >= 0.3 is 6.09 Å². The number of carbonyl (C=O) groups excluding carboxylic acids is 1. The highest BCUT2D eigenvalue weighted by atomic mass is 16.6. The van der Waals surface area contributed by atoms with Crippen LogP contribution in [0.4, 0.5) is 4.79 Å². The van der Waals surface area contributed by atoms with E-state index in [9.17, 15) is 4.79 Å². The number of rotatable bonds is 5. The number of hydrogen-bond acceptors (Lipinski definition) is 4. The van der Waals surface area contributed by atoms with Crippen molar-refractivity contribution in [1.29, 1.82) is 0 Å². The average molecular weight is 191 g/mol. The molecule has 5 nitrogen and oxygen atoms in total. The summed E-state index contributed by atoms with van der Waals surface area (Å²) in [5.41, 5.74) is -0.349. The molecule has 0 atom stereocenters. The van der Waals surface area contributed by atoms with E-state index in [1.807, 2.05) is 13.8 Å². The second-order valence-corrected chi connectivity index (χ2v) is 3.54. The van der Waals surface area contributed by atoms with Crippen LogP contribution in [0, 0.1) is 5.41 Å². The fraction of sp³-hybridized carbons (Fsp3) is 0.875. The van der Waals surface area contributed by atoms with Crippen LogP contribution in [0.5, 0.6) is 0 Å². The molecule has 1 amide bonds. The van der Waals surface area contributed by atoms with Crippen molar-refractivity contribution < 1.29 is 19.7 Å². The van der Waals surface area contributed by atoms with E-state index in [0.29, 0.717) is 6.54 Å². The number of carbonyl (C=O) groups is 1. The Hall–Kier alpha value is -0.810. The highest BCUT2D eigenvalue weighted by molar-refractivity contribution is 5.67. The number of ether oxygens (including phenoxy) is 1. The van der Waals surface area contributed by atoms with Crippen LogP contribution in [-0.4, -0.2) is 42.7 Å². The van der Waals surface area contributed by atoms with Gasteiger partial charge in [0.2, 0.25) is 0 Å². The Kier molecular flexibility index (Phi) is 5.41. The molecule has 0 aromatic rings. The minimum Gasteiger partial charge on any atom is -0.447 e. The van der Waals surface area contributed by atoms with Gasteiger partial charge in [-0.25, -0.2) is 4.79 Å². The first-order chi connectivity index (χ1) is 6.02. The molecular weight excluding hydrogens is 174 g/mol. The smallest absolute Gasteiger partial charge is 0.407 e. The quantitative estimate of drug-likeness (QED) is 0.558. The molecule has 0 radical (unpaired) electrons. The van der Waals surface area contributed by atoms with Crippen molar-refractivity contribution in [3.05, 3.63) is 0 Å². The second kappa shape index (κ2) is 5.77. The summed E-state index contributed by atoms with van der Waals surface area (Å²) in [5, 5.41) is 19.7. The number of aliphatic hydroxyl groups excluding tert-OH is 2. The minimum absolute atomic E-state index is 0.00667. The third-order valence-corrected chi connectivity index (χ3v) is 1.46. The lowest BCUT2D eigenvalue weighted by atomic mass is 9.95.